The molecule has 102 valence electrons. The number of aromatic nitrogens is 2. The minimum atomic E-state index is 0.737. The minimum absolute atomic E-state index is 0.737. The van der Waals surface area contributed by atoms with Gasteiger partial charge in [-0.05, 0) is 29.9 Å². The Kier molecular flexibility index (Phi) is 3.83. The van der Waals surface area contributed by atoms with Crippen molar-refractivity contribution < 1.29 is 0 Å². The highest BCUT2D eigenvalue weighted by Crippen LogP contribution is 2.25. The van der Waals surface area contributed by atoms with Crippen LogP contribution < -0.4 is 5.73 Å². The lowest BCUT2D eigenvalue weighted by Crippen LogP contribution is -2.05. The molecule has 0 saturated heterocycles. The molecule has 3 rings (SSSR count). The summed E-state index contributed by atoms with van der Waals surface area (Å²) >= 11 is 1.69. The van der Waals surface area contributed by atoms with E-state index in [1.807, 2.05) is 22.9 Å². The average molecular weight is 283 g/mol. The molecule has 3 nitrogen and oxygen atoms in total. The monoisotopic (exact) mass is 283 g/mol. The predicted octanol–water partition coefficient (Wildman–Crippen LogP) is 3.83. The van der Waals surface area contributed by atoms with Crippen molar-refractivity contribution in [2.75, 3.05) is 5.73 Å². The van der Waals surface area contributed by atoms with Gasteiger partial charge in [-0.2, -0.15) is 5.10 Å². The van der Waals surface area contributed by atoms with Gasteiger partial charge in [0.25, 0.3) is 0 Å². The smallest absolute Gasteiger partial charge is 0.122 e. The van der Waals surface area contributed by atoms with Crippen LogP contribution in [0.5, 0.6) is 0 Å². The Morgan fingerprint density at radius 3 is 2.70 bits per heavy atom. The van der Waals surface area contributed by atoms with Crippen LogP contribution in [0, 0.1) is 0 Å². The van der Waals surface area contributed by atoms with Crippen LogP contribution >= 0.6 is 11.3 Å². The minimum Gasteiger partial charge on any atom is -0.384 e. The molecule has 0 amide bonds. The third kappa shape index (κ3) is 2.91. The lowest BCUT2D eigenvalue weighted by Gasteiger charge is -2.04. The van der Waals surface area contributed by atoms with E-state index >= 15 is 0 Å². The Morgan fingerprint density at radius 1 is 1.10 bits per heavy atom. The molecule has 2 N–H and O–H groups in total. The maximum Gasteiger partial charge on any atom is 0.122 e. The van der Waals surface area contributed by atoms with E-state index in [9.17, 15) is 0 Å². The van der Waals surface area contributed by atoms with Crippen LogP contribution in [-0.2, 0) is 13.0 Å². The first-order chi connectivity index (χ1) is 9.83. The number of nitrogens with two attached hydrogens (primary N) is 1. The van der Waals surface area contributed by atoms with Crippen LogP contribution in [0.25, 0.3) is 10.6 Å². The molecule has 0 spiro atoms. The standard InChI is InChI=1S/C16H17N3S/c17-16-12-14(15-9-5-11-20-15)18-19(16)10-4-8-13-6-2-1-3-7-13/h1-3,5-7,9,11-12H,4,8,10,17H2. The lowest BCUT2D eigenvalue weighted by atomic mass is 10.1. The van der Waals surface area contributed by atoms with E-state index in [2.05, 4.69) is 40.8 Å². The van der Waals surface area contributed by atoms with Gasteiger partial charge in [0.2, 0.25) is 0 Å². The van der Waals surface area contributed by atoms with Crippen LogP contribution in [-0.4, -0.2) is 9.78 Å². The number of benzene rings is 1. The van der Waals surface area contributed by atoms with Gasteiger partial charge >= 0.3 is 0 Å². The molecule has 2 heterocycles. The SMILES string of the molecule is Nc1cc(-c2cccs2)nn1CCCc1ccccc1. The molecule has 3 aromatic rings. The van der Waals surface area contributed by atoms with Crippen LogP contribution in [0.3, 0.4) is 0 Å². The van der Waals surface area contributed by atoms with Crippen LogP contribution in [0.2, 0.25) is 0 Å². The van der Waals surface area contributed by atoms with E-state index in [4.69, 9.17) is 5.73 Å². The highest BCUT2D eigenvalue weighted by atomic mass is 32.1. The molecule has 0 saturated carbocycles. The maximum absolute atomic E-state index is 6.03. The van der Waals surface area contributed by atoms with E-state index in [0.717, 1.165) is 30.9 Å². The molecule has 4 heteroatoms. The zero-order valence-electron chi connectivity index (χ0n) is 11.2. The number of nitrogen functional groups attached to an aromatic ring is 1. The van der Waals surface area contributed by atoms with Crippen LogP contribution in [0.15, 0.2) is 53.9 Å². The first-order valence-corrected chi connectivity index (χ1v) is 7.62. The molecular weight excluding hydrogens is 266 g/mol. The second-order valence-electron chi connectivity index (χ2n) is 4.74. The van der Waals surface area contributed by atoms with E-state index in [-0.39, 0.29) is 0 Å². The third-order valence-corrected chi connectivity index (χ3v) is 4.16. The summed E-state index contributed by atoms with van der Waals surface area (Å²) in [5.41, 5.74) is 8.36. The fraction of sp³-hybridized carbons (Fsp3) is 0.188. The van der Waals surface area contributed by atoms with Gasteiger partial charge in [0, 0.05) is 12.6 Å². The molecule has 0 aliphatic rings. The molecule has 0 atom stereocenters. The zero-order chi connectivity index (χ0) is 13.8. The Labute approximate surface area is 122 Å². The topological polar surface area (TPSA) is 43.8 Å². The highest BCUT2D eigenvalue weighted by molar-refractivity contribution is 7.13. The summed E-state index contributed by atoms with van der Waals surface area (Å²) in [5, 5.41) is 6.64. The average Bonchev–Trinajstić information content (AvgIpc) is 3.10. The van der Waals surface area contributed by atoms with Crippen molar-refractivity contribution in [2.45, 2.75) is 19.4 Å². The Balaban J connectivity index is 1.63. The number of thiophene rings is 1. The van der Waals surface area contributed by atoms with E-state index in [1.165, 1.54) is 10.4 Å². The summed E-state index contributed by atoms with van der Waals surface area (Å²) in [7, 11) is 0. The molecule has 0 unspecified atom stereocenters. The van der Waals surface area contributed by atoms with Crippen LogP contribution in [0.4, 0.5) is 5.82 Å². The zero-order valence-corrected chi connectivity index (χ0v) is 12.0. The van der Waals surface area contributed by atoms with E-state index in [0.29, 0.717) is 0 Å². The predicted molar refractivity (Wildman–Crippen MR) is 84.7 cm³/mol. The van der Waals surface area contributed by atoms with Crippen molar-refractivity contribution in [2.24, 2.45) is 0 Å². The second kappa shape index (κ2) is 5.92. The number of rotatable bonds is 5. The van der Waals surface area contributed by atoms with Gasteiger partial charge in [0.05, 0.1) is 4.88 Å². The Bertz CT molecular complexity index is 656. The third-order valence-electron chi connectivity index (χ3n) is 3.26. The van der Waals surface area contributed by atoms with Gasteiger partial charge in [0.15, 0.2) is 0 Å². The fourth-order valence-corrected chi connectivity index (χ4v) is 2.91. The normalized spacial score (nSPS) is 10.8. The summed E-state index contributed by atoms with van der Waals surface area (Å²) in [6.45, 7) is 0.853. The summed E-state index contributed by atoms with van der Waals surface area (Å²) in [6.07, 6.45) is 2.09. The van der Waals surface area contributed by atoms with Crippen molar-refractivity contribution in [3.05, 3.63) is 59.5 Å². The van der Waals surface area contributed by atoms with E-state index < -0.39 is 0 Å². The number of hydrogen-bond acceptors (Lipinski definition) is 3. The van der Waals surface area contributed by atoms with Crippen molar-refractivity contribution in [3.63, 3.8) is 0 Å². The molecule has 1 aromatic carbocycles. The van der Waals surface area contributed by atoms with Crippen molar-refractivity contribution in [3.8, 4) is 10.6 Å². The summed E-state index contributed by atoms with van der Waals surface area (Å²) < 4.78 is 1.90. The summed E-state index contributed by atoms with van der Waals surface area (Å²) in [5.74, 6) is 0.737. The molecule has 2 aromatic heterocycles. The molecular formula is C16H17N3S. The molecule has 0 radical (unpaired) electrons. The molecule has 0 aliphatic carbocycles. The van der Waals surface area contributed by atoms with E-state index in [1.54, 1.807) is 11.3 Å². The fourth-order valence-electron chi connectivity index (χ4n) is 2.23. The first-order valence-electron chi connectivity index (χ1n) is 6.74. The largest absolute Gasteiger partial charge is 0.384 e. The van der Waals surface area contributed by atoms with Gasteiger partial charge in [-0.25, -0.2) is 4.68 Å². The highest BCUT2D eigenvalue weighted by Gasteiger charge is 2.07. The summed E-state index contributed by atoms with van der Waals surface area (Å²) in [6, 6.07) is 16.6. The van der Waals surface area contributed by atoms with Crippen LogP contribution in [0.1, 0.15) is 12.0 Å². The van der Waals surface area contributed by atoms with Crippen molar-refractivity contribution >= 4 is 17.2 Å². The maximum atomic E-state index is 6.03. The second-order valence-corrected chi connectivity index (χ2v) is 5.69. The van der Waals surface area contributed by atoms with Gasteiger partial charge < -0.3 is 5.73 Å². The summed E-state index contributed by atoms with van der Waals surface area (Å²) in [4.78, 5) is 1.17. The van der Waals surface area contributed by atoms with Crippen molar-refractivity contribution in [1.82, 2.24) is 9.78 Å². The van der Waals surface area contributed by atoms with Gasteiger partial charge in [0.1, 0.15) is 11.5 Å². The molecule has 0 bridgehead atoms. The Hall–Kier alpha value is -2.07. The number of nitrogens with zero attached hydrogens (tertiary/aromatic N) is 2. The van der Waals surface area contributed by atoms with Gasteiger partial charge in [-0.1, -0.05) is 36.4 Å². The quantitative estimate of drug-likeness (QED) is 0.773. The number of hydrogen-bond donors (Lipinski definition) is 1. The lowest BCUT2D eigenvalue weighted by molar-refractivity contribution is 0.588. The van der Waals surface area contributed by atoms with Gasteiger partial charge in [-0.15, -0.1) is 11.3 Å². The number of aryl methyl sites for hydroxylation is 2. The van der Waals surface area contributed by atoms with Crippen molar-refractivity contribution in [1.29, 1.82) is 0 Å². The molecule has 0 fully saturated rings. The van der Waals surface area contributed by atoms with Gasteiger partial charge in [-0.3, -0.25) is 0 Å². The molecule has 20 heavy (non-hydrogen) atoms. The Morgan fingerprint density at radius 2 is 1.95 bits per heavy atom. The number of anilines is 1. The molecule has 0 aliphatic heterocycles. The first kappa shape index (κ1) is 12.9.